The minimum atomic E-state index is 0.640. The van der Waals surface area contributed by atoms with Gasteiger partial charge < -0.3 is 19.4 Å². The van der Waals surface area contributed by atoms with Gasteiger partial charge in [-0.2, -0.15) is 0 Å². The lowest BCUT2D eigenvalue weighted by Crippen LogP contribution is -2.14. The molecule has 0 aliphatic rings. The third-order valence-electron chi connectivity index (χ3n) is 2.14. The summed E-state index contributed by atoms with van der Waals surface area (Å²) in [5, 5.41) is 3.24. The maximum atomic E-state index is 5.35. The summed E-state index contributed by atoms with van der Waals surface area (Å²) in [4.78, 5) is 4.24. The van der Waals surface area contributed by atoms with Crippen LogP contribution in [0.4, 0.5) is 5.95 Å². The lowest BCUT2D eigenvalue weighted by molar-refractivity contribution is 0.0758. The zero-order valence-electron chi connectivity index (χ0n) is 10.1. The predicted molar refractivity (Wildman–Crippen MR) is 63.7 cm³/mol. The minimum absolute atomic E-state index is 0.640. The van der Waals surface area contributed by atoms with E-state index in [9.17, 15) is 0 Å². The van der Waals surface area contributed by atoms with Crippen molar-refractivity contribution in [3.05, 3.63) is 12.4 Å². The maximum Gasteiger partial charge on any atom is 0.202 e. The molecule has 5 heteroatoms. The van der Waals surface area contributed by atoms with E-state index in [-0.39, 0.29) is 0 Å². The molecule has 0 unspecified atom stereocenters. The molecule has 0 saturated heterocycles. The van der Waals surface area contributed by atoms with Gasteiger partial charge in [0.05, 0.1) is 19.8 Å². The van der Waals surface area contributed by atoms with Crippen LogP contribution in [0.25, 0.3) is 0 Å². The smallest absolute Gasteiger partial charge is 0.202 e. The summed E-state index contributed by atoms with van der Waals surface area (Å²) in [5.74, 6) is 0.914. The molecular weight excluding hydrogens is 206 g/mol. The van der Waals surface area contributed by atoms with Crippen LogP contribution >= 0.6 is 0 Å². The highest BCUT2D eigenvalue weighted by atomic mass is 16.5. The van der Waals surface area contributed by atoms with Gasteiger partial charge in [0.1, 0.15) is 0 Å². The maximum absolute atomic E-state index is 5.35. The lowest BCUT2D eigenvalue weighted by Gasteiger charge is -2.08. The number of aromatic nitrogens is 2. The van der Waals surface area contributed by atoms with Gasteiger partial charge in [0.25, 0.3) is 0 Å². The van der Waals surface area contributed by atoms with Gasteiger partial charge >= 0.3 is 0 Å². The van der Waals surface area contributed by atoms with Gasteiger partial charge in [0.15, 0.2) is 0 Å². The van der Waals surface area contributed by atoms with Crippen molar-refractivity contribution in [2.24, 2.45) is 0 Å². The Morgan fingerprint density at radius 2 is 2.25 bits per heavy atom. The fourth-order valence-corrected chi connectivity index (χ4v) is 1.38. The van der Waals surface area contributed by atoms with Crippen LogP contribution in [0, 0.1) is 0 Å². The highest BCUT2D eigenvalue weighted by Gasteiger charge is 1.99. The molecule has 0 fully saturated rings. The summed E-state index contributed by atoms with van der Waals surface area (Å²) in [6.45, 7) is 5.86. The molecule has 0 spiro atoms. The van der Waals surface area contributed by atoms with Crippen LogP contribution in [-0.2, 0) is 16.0 Å². The summed E-state index contributed by atoms with van der Waals surface area (Å²) in [6, 6.07) is 0. The van der Waals surface area contributed by atoms with Crippen LogP contribution < -0.4 is 5.32 Å². The molecule has 0 aromatic carbocycles. The summed E-state index contributed by atoms with van der Waals surface area (Å²) < 4.78 is 12.3. The van der Waals surface area contributed by atoms with E-state index in [0.717, 1.165) is 25.5 Å². The highest BCUT2D eigenvalue weighted by molar-refractivity contribution is 5.25. The second kappa shape index (κ2) is 8.13. The van der Waals surface area contributed by atoms with Crippen molar-refractivity contribution < 1.29 is 9.47 Å². The molecule has 0 aliphatic carbocycles. The molecule has 16 heavy (non-hydrogen) atoms. The standard InChI is InChI=1S/C11H21N3O2/c1-3-6-14-7-4-12-11(14)13-5-8-16-10-9-15-2/h4,7H,3,5-6,8-10H2,1-2H3,(H,12,13). The first-order valence-electron chi connectivity index (χ1n) is 5.70. The quantitative estimate of drug-likeness (QED) is 0.647. The molecule has 1 aromatic heterocycles. The van der Waals surface area contributed by atoms with E-state index in [0.29, 0.717) is 19.8 Å². The van der Waals surface area contributed by atoms with Gasteiger partial charge in [-0.15, -0.1) is 0 Å². The van der Waals surface area contributed by atoms with E-state index in [2.05, 4.69) is 21.8 Å². The van der Waals surface area contributed by atoms with E-state index < -0.39 is 0 Å². The molecule has 0 saturated carbocycles. The second-order valence-corrected chi connectivity index (χ2v) is 3.48. The Kier molecular flexibility index (Phi) is 6.60. The Morgan fingerprint density at radius 3 is 3.00 bits per heavy atom. The zero-order chi connectivity index (χ0) is 11.6. The zero-order valence-corrected chi connectivity index (χ0v) is 10.1. The first kappa shape index (κ1) is 13.0. The molecular formula is C11H21N3O2. The lowest BCUT2D eigenvalue weighted by atomic mass is 10.5. The van der Waals surface area contributed by atoms with Crippen molar-refractivity contribution in [3.63, 3.8) is 0 Å². The number of rotatable bonds is 9. The van der Waals surface area contributed by atoms with Crippen molar-refractivity contribution in [2.75, 3.05) is 38.8 Å². The first-order valence-corrected chi connectivity index (χ1v) is 5.70. The molecule has 0 amide bonds. The van der Waals surface area contributed by atoms with Crippen LogP contribution in [0.5, 0.6) is 0 Å². The van der Waals surface area contributed by atoms with Crippen LogP contribution in [0.3, 0.4) is 0 Å². The SMILES string of the molecule is CCCn1ccnc1NCCOCCOC. The number of nitrogens with zero attached hydrogens (tertiary/aromatic N) is 2. The van der Waals surface area contributed by atoms with Crippen molar-refractivity contribution in [3.8, 4) is 0 Å². The Morgan fingerprint density at radius 1 is 1.38 bits per heavy atom. The van der Waals surface area contributed by atoms with Crippen molar-refractivity contribution in [2.45, 2.75) is 19.9 Å². The van der Waals surface area contributed by atoms with E-state index in [1.165, 1.54) is 0 Å². The van der Waals surface area contributed by atoms with Crippen molar-refractivity contribution in [1.82, 2.24) is 9.55 Å². The largest absolute Gasteiger partial charge is 0.382 e. The summed E-state index contributed by atoms with van der Waals surface area (Å²) >= 11 is 0. The number of anilines is 1. The third-order valence-corrected chi connectivity index (χ3v) is 2.14. The Hall–Kier alpha value is -1.07. The molecule has 0 atom stereocenters. The van der Waals surface area contributed by atoms with Crippen LogP contribution in [0.2, 0.25) is 0 Å². The Labute approximate surface area is 96.8 Å². The Bertz CT molecular complexity index is 276. The summed E-state index contributed by atoms with van der Waals surface area (Å²) in [6.07, 6.45) is 4.90. The fourth-order valence-electron chi connectivity index (χ4n) is 1.38. The van der Waals surface area contributed by atoms with Gasteiger partial charge in [0.2, 0.25) is 5.95 Å². The van der Waals surface area contributed by atoms with E-state index in [1.807, 2.05) is 12.4 Å². The van der Waals surface area contributed by atoms with Gasteiger partial charge in [0, 0.05) is 32.6 Å². The van der Waals surface area contributed by atoms with E-state index >= 15 is 0 Å². The molecule has 5 nitrogen and oxygen atoms in total. The van der Waals surface area contributed by atoms with Gasteiger partial charge in [-0.1, -0.05) is 6.92 Å². The molecule has 1 aromatic rings. The monoisotopic (exact) mass is 227 g/mol. The van der Waals surface area contributed by atoms with E-state index in [1.54, 1.807) is 7.11 Å². The molecule has 1 heterocycles. The van der Waals surface area contributed by atoms with Crippen molar-refractivity contribution >= 4 is 5.95 Å². The van der Waals surface area contributed by atoms with Gasteiger partial charge in [-0.25, -0.2) is 4.98 Å². The number of hydrogen-bond acceptors (Lipinski definition) is 4. The average molecular weight is 227 g/mol. The third kappa shape index (κ3) is 4.63. The van der Waals surface area contributed by atoms with Crippen LogP contribution in [0.15, 0.2) is 12.4 Å². The molecule has 0 aliphatic heterocycles. The van der Waals surface area contributed by atoms with E-state index in [4.69, 9.17) is 9.47 Å². The minimum Gasteiger partial charge on any atom is -0.382 e. The second-order valence-electron chi connectivity index (χ2n) is 3.48. The molecule has 92 valence electrons. The van der Waals surface area contributed by atoms with Gasteiger partial charge in [-0.3, -0.25) is 0 Å². The fraction of sp³-hybridized carbons (Fsp3) is 0.727. The summed E-state index contributed by atoms with van der Waals surface area (Å²) in [7, 11) is 1.67. The number of aryl methyl sites for hydroxylation is 1. The Balaban J connectivity index is 2.13. The van der Waals surface area contributed by atoms with Gasteiger partial charge in [-0.05, 0) is 6.42 Å². The molecule has 1 rings (SSSR count). The average Bonchev–Trinajstić information content (AvgIpc) is 2.72. The normalized spacial score (nSPS) is 10.6. The first-order chi connectivity index (χ1) is 7.88. The topological polar surface area (TPSA) is 48.3 Å². The van der Waals surface area contributed by atoms with Crippen LogP contribution in [0.1, 0.15) is 13.3 Å². The van der Waals surface area contributed by atoms with Crippen LogP contribution in [-0.4, -0.2) is 43.0 Å². The summed E-state index contributed by atoms with van der Waals surface area (Å²) in [5.41, 5.74) is 0. The number of ether oxygens (including phenoxy) is 2. The number of hydrogen-bond donors (Lipinski definition) is 1. The number of methoxy groups -OCH3 is 1. The molecule has 0 bridgehead atoms. The molecule has 0 radical (unpaired) electrons. The highest BCUT2D eigenvalue weighted by Crippen LogP contribution is 2.04. The number of imidazole rings is 1. The van der Waals surface area contributed by atoms with Crippen molar-refractivity contribution in [1.29, 1.82) is 0 Å². The number of nitrogens with one attached hydrogen (secondary N) is 1. The predicted octanol–water partition coefficient (Wildman–Crippen LogP) is 1.37. The molecule has 1 N–H and O–H groups in total.